The summed E-state index contributed by atoms with van der Waals surface area (Å²) in [7, 11) is 6.78. The van der Waals surface area contributed by atoms with Crippen LogP contribution in [-0.4, -0.2) is 57.3 Å². The number of ether oxygens (including phenoxy) is 4. The van der Waals surface area contributed by atoms with E-state index in [0.29, 0.717) is 40.7 Å². The number of carbonyl (C=O) groups excluding carboxylic acids is 1. The molecule has 4 aromatic carbocycles. The van der Waals surface area contributed by atoms with Gasteiger partial charge in [0.05, 0.1) is 50.2 Å². The number of aromatic amines is 1. The standard InChI is InChI=1S/C34H34FN3O6/c1-38(20-21-12-15-28(41-2)30(18-21)43-4)16-7-17-44-22-13-14-27(29(19-22)42-3)36-34(40)25-10-5-8-23-31(25)37-32-24(33(23)39)9-6-11-26(32)35/h5-6,8-15,18-19H,7,16-17,20H2,1-4H3,(H,36,40)(H,37,39). The van der Waals surface area contributed by atoms with Gasteiger partial charge in [0.2, 0.25) is 0 Å². The highest BCUT2D eigenvalue weighted by molar-refractivity contribution is 6.13. The quantitative estimate of drug-likeness (QED) is 0.134. The van der Waals surface area contributed by atoms with Crippen LogP contribution in [0.2, 0.25) is 0 Å². The fourth-order valence-corrected chi connectivity index (χ4v) is 5.12. The molecule has 9 nitrogen and oxygen atoms in total. The number of nitrogens with zero attached hydrogens (tertiary/aromatic N) is 1. The first kappa shape index (κ1) is 30.4. The van der Waals surface area contributed by atoms with Crippen LogP contribution < -0.4 is 29.7 Å². The zero-order valence-corrected chi connectivity index (χ0v) is 25.0. The lowest BCUT2D eigenvalue weighted by Gasteiger charge is -2.18. The van der Waals surface area contributed by atoms with Crippen LogP contribution in [0.3, 0.4) is 0 Å². The highest BCUT2D eigenvalue weighted by Gasteiger charge is 2.17. The number of anilines is 1. The van der Waals surface area contributed by atoms with Crippen molar-refractivity contribution in [1.29, 1.82) is 0 Å². The molecule has 1 aromatic heterocycles. The average molecular weight is 600 g/mol. The predicted octanol–water partition coefficient (Wildman–Crippen LogP) is 6.00. The first-order valence-electron chi connectivity index (χ1n) is 14.1. The van der Waals surface area contributed by atoms with Gasteiger partial charge in [-0.3, -0.25) is 9.59 Å². The molecular weight excluding hydrogens is 565 g/mol. The Morgan fingerprint density at radius 3 is 2.34 bits per heavy atom. The number of rotatable bonds is 12. The lowest BCUT2D eigenvalue weighted by molar-refractivity contribution is 0.102. The van der Waals surface area contributed by atoms with E-state index < -0.39 is 11.7 Å². The van der Waals surface area contributed by atoms with E-state index in [-0.39, 0.29) is 27.4 Å². The summed E-state index contributed by atoms with van der Waals surface area (Å²) in [6.45, 7) is 2.04. The number of nitrogens with one attached hydrogen (secondary N) is 2. The summed E-state index contributed by atoms with van der Waals surface area (Å²) in [5.41, 5.74) is 1.69. The number of hydrogen-bond donors (Lipinski definition) is 2. The van der Waals surface area contributed by atoms with Crippen molar-refractivity contribution in [2.75, 3.05) is 46.8 Å². The summed E-state index contributed by atoms with van der Waals surface area (Å²) < 4.78 is 36.7. The SMILES string of the molecule is COc1cc(OCCCN(C)Cc2ccc(OC)c(OC)c2)ccc1NC(=O)c1cccc2c(=O)c3cccc(F)c3[nH]c12. The van der Waals surface area contributed by atoms with Gasteiger partial charge in [-0.1, -0.05) is 18.2 Å². The maximum absolute atomic E-state index is 14.5. The Balaban J connectivity index is 1.22. The van der Waals surface area contributed by atoms with E-state index in [2.05, 4.69) is 15.2 Å². The summed E-state index contributed by atoms with van der Waals surface area (Å²) >= 11 is 0. The van der Waals surface area contributed by atoms with Crippen molar-refractivity contribution < 1.29 is 28.1 Å². The number of hydrogen-bond acceptors (Lipinski definition) is 7. The van der Waals surface area contributed by atoms with Crippen LogP contribution in [0, 0.1) is 5.82 Å². The first-order chi connectivity index (χ1) is 21.3. The van der Waals surface area contributed by atoms with Crippen LogP contribution in [0.25, 0.3) is 21.8 Å². The van der Waals surface area contributed by atoms with E-state index in [1.807, 2.05) is 25.2 Å². The smallest absolute Gasteiger partial charge is 0.257 e. The van der Waals surface area contributed by atoms with Crippen molar-refractivity contribution in [2.45, 2.75) is 13.0 Å². The van der Waals surface area contributed by atoms with Crippen molar-refractivity contribution in [3.63, 3.8) is 0 Å². The van der Waals surface area contributed by atoms with E-state index in [4.69, 9.17) is 18.9 Å². The van der Waals surface area contributed by atoms with Crippen LogP contribution in [0.1, 0.15) is 22.3 Å². The average Bonchev–Trinajstić information content (AvgIpc) is 3.04. The van der Waals surface area contributed by atoms with Gasteiger partial charge in [0.25, 0.3) is 5.91 Å². The molecule has 0 radical (unpaired) electrons. The largest absolute Gasteiger partial charge is 0.494 e. The monoisotopic (exact) mass is 599 g/mol. The minimum absolute atomic E-state index is 0.0523. The molecule has 0 saturated carbocycles. The Morgan fingerprint density at radius 1 is 0.864 bits per heavy atom. The van der Waals surface area contributed by atoms with E-state index in [1.165, 1.54) is 19.2 Å². The maximum atomic E-state index is 14.5. The number of carbonyl (C=O) groups is 1. The van der Waals surface area contributed by atoms with Crippen molar-refractivity contribution in [1.82, 2.24) is 9.88 Å². The molecule has 0 spiro atoms. The van der Waals surface area contributed by atoms with Gasteiger partial charge < -0.3 is 34.1 Å². The predicted molar refractivity (Wildman–Crippen MR) is 169 cm³/mol. The Bertz CT molecular complexity index is 1870. The van der Waals surface area contributed by atoms with Gasteiger partial charge >= 0.3 is 0 Å². The lowest BCUT2D eigenvalue weighted by Crippen LogP contribution is -2.20. The molecule has 44 heavy (non-hydrogen) atoms. The van der Waals surface area contributed by atoms with Crippen molar-refractivity contribution >= 4 is 33.4 Å². The van der Waals surface area contributed by atoms with Crippen LogP contribution in [0.5, 0.6) is 23.0 Å². The molecule has 5 aromatic rings. The third-order valence-electron chi connectivity index (χ3n) is 7.34. The van der Waals surface area contributed by atoms with Crippen LogP contribution >= 0.6 is 0 Å². The molecule has 0 atom stereocenters. The number of halogens is 1. The molecule has 2 N–H and O–H groups in total. The number of fused-ring (bicyclic) bond motifs is 2. The molecule has 228 valence electrons. The fourth-order valence-electron chi connectivity index (χ4n) is 5.12. The summed E-state index contributed by atoms with van der Waals surface area (Å²) in [5.74, 6) is 1.35. The zero-order valence-electron chi connectivity index (χ0n) is 25.0. The number of para-hydroxylation sites is 2. The number of pyridine rings is 1. The molecule has 10 heteroatoms. The molecule has 0 aliphatic heterocycles. The molecule has 1 heterocycles. The molecular formula is C34H34FN3O6. The minimum atomic E-state index is -0.571. The van der Waals surface area contributed by atoms with Gasteiger partial charge in [-0.25, -0.2) is 4.39 Å². The highest BCUT2D eigenvalue weighted by atomic mass is 19.1. The van der Waals surface area contributed by atoms with Crippen LogP contribution in [0.4, 0.5) is 10.1 Å². The molecule has 5 rings (SSSR count). The number of aromatic nitrogens is 1. The van der Waals surface area contributed by atoms with Gasteiger partial charge in [-0.05, 0) is 67.6 Å². The Morgan fingerprint density at radius 2 is 1.59 bits per heavy atom. The number of amides is 1. The third-order valence-corrected chi connectivity index (χ3v) is 7.34. The molecule has 0 aliphatic carbocycles. The molecule has 0 unspecified atom stereocenters. The topological polar surface area (TPSA) is 102 Å². The third kappa shape index (κ3) is 6.45. The number of H-pyrrole nitrogens is 1. The molecule has 0 bridgehead atoms. The first-order valence-corrected chi connectivity index (χ1v) is 14.1. The molecule has 0 saturated heterocycles. The second-order valence-corrected chi connectivity index (χ2v) is 10.3. The van der Waals surface area contributed by atoms with E-state index >= 15 is 0 Å². The maximum Gasteiger partial charge on any atom is 0.257 e. The fraction of sp³-hybridized carbons (Fsp3) is 0.235. The van der Waals surface area contributed by atoms with Gasteiger partial charge in [-0.15, -0.1) is 0 Å². The van der Waals surface area contributed by atoms with Crippen LogP contribution in [0.15, 0.2) is 77.6 Å². The van der Waals surface area contributed by atoms with Gasteiger partial charge in [0.1, 0.15) is 17.3 Å². The summed E-state index contributed by atoms with van der Waals surface area (Å²) in [6, 6.07) is 20.1. The Kier molecular flexibility index (Phi) is 9.30. The van der Waals surface area contributed by atoms with E-state index in [0.717, 1.165) is 25.1 Å². The van der Waals surface area contributed by atoms with Crippen LogP contribution in [-0.2, 0) is 6.54 Å². The van der Waals surface area contributed by atoms with E-state index in [9.17, 15) is 14.0 Å². The highest BCUT2D eigenvalue weighted by Crippen LogP contribution is 2.31. The van der Waals surface area contributed by atoms with Crippen molar-refractivity contribution in [3.05, 3.63) is 100.0 Å². The zero-order chi connectivity index (χ0) is 31.2. The molecule has 0 fully saturated rings. The molecule has 1 amide bonds. The van der Waals surface area contributed by atoms with Gasteiger partial charge in [0, 0.05) is 29.9 Å². The Labute approximate surface area is 254 Å². The van der Waals surface area contributed by atoms with Crippen molar-refractivity contribution in [2.24, 2.45) is 0 Å². The number of benzene rings is 4. The second kappa shape index (κ2) is 13.5. The molecule has 0 aliphatic rings. The lowest BCUT2D eigenvalue weighted by atomic mass is 10.1. The second-order valence-electron chi connectivity index (χ2n) is 10.3. The number of methoxy groups -OCH3 is 3. The van der Waals surface area contributed by atoms with E-state index in [1.54, 1.807) is 56.7 Å². The normalized spacial score (nSPS) is 11.1. The summed E-state index contributed by atoms with van der Waals surface area (Å²) in [4.78, 5) is 31.5. The van der Waals surface area contributed by atoms with Gasteiger partial charge in [-0.2, -0.15) is 0 Å². The van der Waals surface area contributed by atoms with Gasteiger partial charge in [0.15, 0.2) is 16.9 Å². The minimum Gasteiger partial charge on any atom is -0.494 e. The Hall–Kier alpha value is -5.09. The summed E-state index contributed by atoms with van der Waals surface area (Å²) in [5, 5.41) is 3.35. The van der Waals surface area contributed by atoms with Crippen molar-refractivity contribution in [3.8, 4) is 23.0 Å². The summed E-state index contributed by atoms with van der Waals surface area (Å²) in [6.07, 6.45) is 0.791.